The first-order valence-electron chi connectivity index (χ1n) is 11.0. The number of amides is 3. The van der Waals surface area contributed by atoms with Gasteiger partial charge in [-0.1, -0.05) is 34.1 Å². The third kappa shape index (κ3) is 11.1. The maximum absolute atomic E-state index is 13.0. The highest BCUT2D eigenvalue weighted by Crippen LogP contribution is 2.11. The number of carboxylic acids is 2. The molecule has 0 rings (SSSR count). The minimum Gasteiger partial charge on any atom is -0.481 e. The van der Waals surface area contributed by atoms with Crippen LogP contribution in [0.2, 0.25) is 0 Å². The molecule has 0 spiro atoms. The average Bonchev–Trinajstić information content (AvgIpc) is 2.70. The van der Waals surface area contributed by atoms with Gasteiger partial charge in [0.2, 0.25) is 17.7 Å². The van der Waals surface area contributed by atoms with Crippen LogP contribution >= 0.6 is 0 Å². The predicted molar refractivity (Wildman–Crippen MR) is 119 cm³/mol. The topological polar surface area (TPSA) is 208 Å². The van der Waals surface area contributed by atoms with Crippen molar-refractivity contribution in [2.75, 3.05) is 0 Å². The molecule has 0 aliphatic heterocycles. The van der Waals surface area contributed by atoms with E-state index in [1.807, 2.05) is 13.8 Å². The van der Waals surface area contributed by atoms with Crippen molar-refractivity contribution in [2.24, 2.45) is 17.6 Å². The molecule has 0 aromatic heterocycles. The van der Waals surface area contributed by atoms with Gasteiger partial charge in [0.15, 0.2) is 6.04 Å². The molecule has 0 aromatic carbocycles. The van der Waals surface area contributed by atoms with E-state index in [0.717, 1.165) is 0 Å². The van der Waals surface area contributed by atoms with Crippen LogP contribution in [-0.2, 0) is 24.0 Å². The molecule has 0 aliphatic rings. The number of carboxylic acid groups (broad SMARTS) is 2. The molecule has 0 aliphatic carbocycles. The lowest BCUT2D eigenvalue weighted by Gasteiger charge is -2.28. The Labute approximate surface area is 193 Å². The van der Waals surface area contributed by atoms with E-state index in [-0.39, 0.29) is 18.3 Å². The van der Waals surface area contributed by atoms with E-state index in [0.29, 0.717) is 12.8 Å². The van der Waals surface area contributed by atoms with Crippen LogP contribution in [0.25, 0.3) is 0 Å². The first-order chi connectivity index (χ1) is 15.2. The van der Waals surface area contributed by atoms with E-state index in [1.165, 1.54) is 6.92 Å². The molecule has 8 N–H and O–H groups in total. The Balaban J connectivity index is 5.61. The summed E-state index contributed by atoms with van der Waals surface area (Å²) >= 11 is 0. The molecular formula is C21H38N4O8. The largest absolute Gasteiger partial charge is 0.481 e. The average molecular weight is 475 g/mol. The number of nitrogens with two attached hydrogens (primary N) is 1. The van der Waals surface area contributed by atoms with Gasteiger partial charge in [-0.2, -0.15) is 0 Å². The summed E-state index contributed by atoms with van der Waals surface area (Å²) in [5.74, 6) is -5.14. The number of nitrogens with one attached hydrogen (secondary N) is 3. The summed E-state index contributed by atoms with van der Waals surface area (Å²) in [6.07, 6.45) is -1.33. The monoisotopic (exact) mass is 474 g/mol. The molecule has 6 atom stereocenters. The van der Waals surface area contributed by atoms with E-state index in [9.17, 15) is 29.1 Å². The Morgan fingerprint density at radius 2 is 1.39 bits per heavy atom. The summed E-state index contributed by atoms with van der Waals surface area (Å²) in [5, 5.41) is 34.8. The summed E-state index contributed by atoms with van der Waals surface area (Å²) < 4.78 is 0. The lowest BCUT2D eigenvalue weighted by Crippen LogP contribution is -2.59. The number of hydrogen-bond donors (Lipinski definition) is 7. The third-order valence-electron chi connectivity index (χ3n) is 5.18. The highest BCUT2D eigenvalue weighted by Gasteiger charge is 2.33. The second kappa shape index (κ2) is 14.4. The highest BCUT2D eigenvalue weighted by atomic mass is 16.4. The smallest absolute Gasteiger partial charge is 0.328 e. The number of carbonyl (C=O) groups excluding carboxylic acids is 3. The Bertz CT molecular complexity index is 698. The first-order valence-corrected chi connectivity index (χ1v) is 11.0. The number of aliphatic hydroxyl groups is 1. The van der Waals surface area contributed by atoms with Gasteiger partial charge in [-0.25, -0.2) is 4.79 Å². The minimum atomic E-state index is -1.65. The van der Waals surface area contributed by atoms with Gasteiger partial charge in [-0.05, 0) is 31.6 Å². The number of hydrogen-bond acceptors (Lipinski definition) is 7. The fourth-order valence-electron chi connectivity index (χ4n) is 3.02. The van der Waals surface area contributed by atoms with E-state index < -0.39 is 66.4 Å². The maximum Gasteiger partial charge on any atom is 0.328 e. The summed E-state index contributed by atoms with van der Waals surface area (Å²) in [6, 6.07) is -4.94. The molecule has 33 heavy (non-hydrogen) atoms. The van der Waals surface area contributed by atoms with Crippen molar-refractivity contribution in [2.45, 2.75) is 90.6 Å². The normalized spacial score (nSPS) is 16.6. The van der Waals surface area contributed by atoms with Gasteiger partial charge in [-0.3, -0.25) is 19.2 Å². The van der Waals surface area contributed by atoms with Gasteiger partial charge in [0.1, 0.15) is 12.1 Å². The molecular weight excluding hydrogens is 436 g/mol. The van der Waals surface area contributed by atoms with E-state index in [2.05, 4.69) is 16.0 Å². The molecule has 6 unspecified atom stereocenters. The fraction of sp³-hybridized carbons (Fsp3) is 0.762. The molecule has 0 bridgehead atoms. The number of aliphatic carboxylic acids is 2. The van der Waals surface area contributed by atoms with Crippen LogP contribution in [0.4, 0.5) is 0 Å². The van der Waals surface area contributed by atoms with E-state index >= 15 is 0 Å². The van der Waals surface area contributed by atoms with Crippen molar-refractivity contribution in [3.05, 3.63) is 0 Å². The van der Waals surface area contributed by atoms with Crippen LogP contribution < -0.4 is 21.7 Å². The van der Waals surface area contributed by atoms with Crippen molar-refractivity contribution < 1.29 is 39.3 Å². The van der Waals surface area contributed by atoms with Crippen molar-refractivity contribution in [3.8, 4) is 0 Å². The van der Waals surface area contributed by atoms with Crippen molar-refractivity contribution in [1.82, 2.24) is 16.0 Å². The van der Waals surface area contributed by atoms with Crippen LogP contribution in [0.3, 0.4) is 0 Å². The Morgan fingerprint density at radius 1 is 0.848 bits per heavy atom. The lowest BCUT2D eigenvalue weighted by molar-refractivity contribution is -0.145. The molecule has 0 fully saturated rings. The van der Waals surface area contributed by atoms with Crippen LogP contribution in [-0.4, -0.2) is 75.3 Å². The third-order valence-corrected chi connectivity index (χ3v) is 5.18. The fourth-order valence-corrected chi connectivity index (χ4v) is 3.02. The van der Waals surface area contributed by atoms with Gasteiger partial charge >= 0.3 is 11.9 Å². The predicted octanol–water partition coefficient (Wildman–Crippen LogP) is -0.809. The van der Waals surface area contributed by atoms with Crippen molar-refractivity contribution >= 4 is 29.7 Å². The Hall–Kier alpha value is -2.73. The van der Waals surface area contributed by atoms with Gasteiger partial charge < -0.3 is 37.0 Å². The van der Waals surface area contributed by atoms with Crippen molar-refractivity contribution in [1.29, 1.82) is 0 Å². The molecule has 0 radical (unpaired) electrons. The molecule has 12 nitrogen and oxygen atoms in total. The van der Waals surface area contributed by atoms with Gasteiger partial charge in [0.25, 0.3) is 0 Å². The molecule has 12 heteroatoms. The Morgan fingerprint density at radius 3 is 1.82 bits per heavy atom. The van der Waals surface area contributed by atoms with Gasteiger partial charge in [0.05, 0.1) is 12.1 Å². The van der Waals surface area contributed by atoms with E-state index in [4.69, 9.17) is 15.9 Å². The SMILES string of the molecule is CCC(C)C(NC(=O)C(N)CC(C)C)C(=O)NC(CCC(=O)O)C(=O)NC(C(=O)O)C(C)O. The standard InChI is InChI=1S/C21H38N4O8/c1-6-11(4)16(24-18(29)13(22)9-10(2)3)20(31)23-14(7-8-15(27)28)19(30)25-17(12(5)26)21(32)33/h10-14,16-17,26H,6-9,22H2,1-5H3,(H,23,31)(H,24,29)(H,25,30)(H,27,28)(H,32,33). The van der Waals surface area contributed by atoms with Crippen LogP contribution in [0.1, 0.15) is 60.3 Å². The number of carbonyl (C=O) groups is 5. The summed E-state index contributed by atoms with van der Waals surface area (Å²) in [6.45, 7) is 8.49. The number of aliphatic hydroxyl groups excluding tert-OH is 1. The van der Waals surface area contributed by atoms with Gasteiger partial charge in [-0.15, -0.1) is 0 Å². The van der Waals surface area contributed by atoms with Crippen LogP contribution in [0.15, 0.2) is 0 Å². The molecule has 3 amide bonds. The Kier molecular flexibility index (Phi) is 13.2. The highest BCUT2D eigenvalue weighted by molar-refractivity contribution is 5.94. The number of rotatable bonds is 15. The van der Waals surface area contributed by atoms with Crippen molar-refractivity contribution in [3.63, 3.8) is 0 Å². The summed E-state index contributed by atoms with van der Waals surface area (Å²) in [5.41, 5.74) is 5.90. The minimum absolute atomic E-state index is 0.154. The zero-order chi connectivity index (χ0) is 25.9. The van der Waals surface area contributed by atoms with Crippen LogP contribution in [0.5, 0.6) is 0 Å². The molecule has 0 saturated carbocycles. The molecule has 190 valence electrons. The van der Waals surface area contributed by atoms with Crippen LogP contribution in [0, 0.1) is 11.8 Å². The zero-order valence-corrected chi connectivity index (χ0v) is 19.8. The second-order valence-corrected chi connectivity index (χ2v) is 8.67. The maximum atomic E-state index is 13.0. The molecule has 0 aromatic rings. The zero-order valence-electron chi connectivity index (χ0n) is 19.8. The van der Waals surface area contributed by atoms with E-state index in [1.54, 1.807) is 13.8 Å². The molecule has 0 heterocycles. The second-order valence-electron chi connectivity index (χ2n) is 8.67. The molecule has 0 saturated heterocycles. The summed E-state index contributed by atoms with van der Waals surface area (Å²) in [7, 11) is 0. The lowest BCUT2D eigenvalue weighted by atomic mass is 9.96. The first kappa shape index (κ1) is 30.3. The quantitative estimate of drug-likeness (QED) is 0.158. The summed E-state index contributed by atoms with van der Waals surface area (Å²) in [4.78, 5) is 60.3. The van der Waals surface area contributed by atoms with Gasteiger partial charge in [0, 0.05) is 6.42 Å².